The molecule has 2 N–H and O–H groups in total. The average molecular weight is 156 g/mol. The molecule has 1 heterocycles. The molecule has 0 aromatic carbocycles. The second-order valence-corrected chi connectivity index (χ2v) is 2.49. The molecule has 0 aliphatic heterocycles. The zero-order valence-electron chi connectivity index (χ0n) is 6.46. The molecule has 1 aromatic rings. The first-order valence-corrected chi connectivity index (χ1v) is 3.77. The Bertz CT molecular complexity index is 187. The van der Waals surface area contributed by atoms with E-state index in [0.717, 1.165) is 6.42 Å². The van der Waals surface area contributed by atoms with Crippen LogP contribution >= 0.6 is 0 Å². The summed E-state index contributed by atoms with van der Waals surface area (Å²) in [6, 6.07) is 1.97. The lowest BCUT2D eigenvalue weighted by atomic mass is 10.2. The highest BCUT2D eigenvalue weighted by atomic mass is 19.1. The predicted octanol–water partition coefficient (Wildman–Crippen LogP) is 0.959. The maximum absolute atomic E-state index is 11.8. The highest BCUT2D eigenvalue weighted by Gasteiger charge is 1.94. The first kappa shape index (κ1) is 8.27. The molecule has 0 radical (unpaired) electrons. The summed E-state index contributed by atoms with van der Waals surface area (Å²) in [5.41, 5.74) is 6.54. The first-order valence-electron chi connectivity index (χ1n) is 3.77. The number of aryl methyl sites for hydroxylation is 1. The van der Waals surface area contributed by atoms with Crippen molar-refractivity contribution in [1.82, 2.24) is 4.57 Å². The maximum atomic E-state index is 11.8. The molecule has 0 bridgehead atoms. The molecule has 0 fully saturated rings. The second kappa shape index (κ2) is 4.13. The summed E-state index contributed by atoms with van der Waals surface area (Å²) in [6.07, 6.45) is 4.69. The smallest absolute Gasteiger partial charge is 0.107 e. The molecule has 1 aromatic heterocycles. The molecule has 0 amide bonds. The molecule has 11 heavy (non-hydrogen) atoms. The Hall–Kier alpha value is -0.830. The fourth-order valence-electron chi connectivity index (χ4n) is 1.04. The number of alkyl halides is 1. The molecule has 0 aliphatic carbocycles. The quantitative estimate of drug-likeness (QED) is 0.691. The van der Waals surface area contributed by atoms with Gasteiger partial charge in [0.1, 0.15) is 6.67 Å². The van der Waals surface area contributed by atoms with Crippen molar-refractivity contribution in [2.24, 2.45) is 5.73 Å². The minimum atomic E-state index is -0.309. The molecule has 0 spiro atoms. The van der Waals surface area contributed by atoms with Crippen molar-refractivity contribution < 1.29 is 4.39 Å². The summed E-state index contributed by atoms with van der Waals surface area (Å²) in [7, 11) is 0. The van der Waals surface area contributed by atoms with Gasteiger partial charge in [-0.25, -0.2) is 4.39 Å². The summed E-state index contributed by atoms with van der Waals surface area (Å²) in [5.74, 6) is 0. The van der Waals surface area contributed by atoms with Crippen molar-refractivity contribution in [3.05, 3.63) is 24.0 Å². The van der Waals surface area contributed by atoms with Gasteiger partial charge in [-0.15, -0.1) is 0 Å². The molecule has 0 saturated carbocycles. The van der Waals surface area contributed by atoms with Crippen LogP contribution in [0.25, 0.3) is 0 Å². The molecule has 2 nitrogen and oxygen atoms in total. The molecule has 3 heteroatoms. The van der Waals surface area contributed by atoms with E-state index < -0.39 is 0 Å². The Morgan fingerprint density at radius 2 is 2.36 bits per heavy atom. The van der Waals surface area contributed by atoms with Gasteiger partial charge in [0.05, 0.1) is 6.54 Å². The van der Waals surface area contributed by atoms with Gasteiger partial charge in [-0.05, 0) is 24.6 Å². The molecular weight excluding hydrogens is 143 g/mol. The highest BCUT2D eigenvalue weighted by molar-refractivity contribution is 5.10. The van der Waals surface area contributed by atoms with E-state index in [1.54, 1.807) is 0 Å². The van der Waals surface area contributed by atoms with Crippen molar-refractivity contribution in [3.63, 3.8) is 0 Å². The fraction of sp³-hybridized carbons (Fsp3) is 0.500. The molecule has 0 saturated heterocycles. The van der Waals surface area contributed by atoms with Crippen LogP contribution in [0.15, 0.2) is 18.5 Å². The Labute approximate surface area is 65.8 Å². The normalized spacial score (nSPS) is 10.4. The van der Waals surface area contributed by atoms with Crippen LogP contribution in [0.2, 0.25) is 0 Å². The number of hydrogen-bond donors (Lipinski definition) is 1. The van der Waals surface area contributed by atoms with Crippen LogP contribution in [0.5, 0.6) is 0 Å². The van der Waals surface area contributed by atoms with Crippen molar-refractivity contribution >= 4 is 0 Å². The van der Waals surface area contributed by atoms with Crippen molar-refractivity contribution in [2.75, 3.05) is 13.2 Å². The minimum absolute atomic E-state index is 0.309. The van der Waals surface area contributed by atoms with E-state index in [2.05, 4.69) is 0 Å². The van der Waals surface area contributed by atoms with Gasteiger partial charge >= 0.3 is 0 Å². The SMILES string of the molecule is NCCc1ccn(CCF)c1. The van der Waals surface area contributed by atoms with Gasteiger partial charge in [-0.1, -0.05) is 0 Å². The fourth-order valence-corrected chi connectivity index (χ4v) is 1.04. The van der Waals surface area contributed by atoms with Crippen molar-refractivity contribution in [2.45, 2.75) is 13.0 Å². The van der Waals surface area contributed by atoms with E-state index in [9.17, 15) is 4.39 Å². The van der Waals surface area contributed by atoms with Crippen LogP contribution < -0.4 is 5.73 Å². The van der Waals surface area contributed by atoms with Gasteiger partial charge in [0, 0.05) is 12.4 Å². The molecule has 0 unspecified atom stereocenters. The highest BCUT2D eigenvalue weighted by Crippen LogP contribution is 2.01. The Kier molecular flexibility index (Phi) is 3.11. The van der Waals surface area contributed by atoms with E-state index in [0.29, 0.717) is 13.1 Å². The zero-order valence-corrected chi connectivity index (χ0v) is 6.46. The second-order valence-electron chi connectivity index (χ2n) is 2.49. The average Bonchev–Trinajstić information content (AvgIpc) is 2.38. The lowest BCUT2D eigenvalue weighted by Gasteiger charge is -1.95. The first-order chi connectivity index (χ1) is 5.36. The zero-order chi connectivity index (χ0) is 8.10. The Balaban J connectivity index is 2.51. The van der Waals surface area contributed by atoms with Gasteiger partial charge in [-0.2, -0.15) is 0 Å². The van der Waals surface area contributed by atoms with Crippen molar-refractivity contribution in [3.8, 4) is 0 Å². The van der Waals surface area contributed by atoms with Crippen LogP contribution in [-0.4, -0.2) is 17.8 Å². The van der Waals surface area contributed by atoms with Gasteiger partial charge in [0.25, 0.3) is 0 Å². The van der Waals surface area contributed by atoms with E-state index in [1.807, 2.05) is 23.0 Å². The van der Waals surface area contributed by atoms with Crippen LogP contribution in [0, 0.1) is 0 Å². The maximum Gasteiger partial charge on any atom is 0.107 e. The number of nitrogens with zero attached hydrogens (tertiary/aromatic N) is 1. The summed E-state index contributed by atoms with van der Waals surface area (Å²) >= 11 is 0. The van der Waals surface area contributed by atoms with Gasteiger partial charge in [0.15, 0.2) is 0 Å². The number of hydrogen-bond acceptors (Lipinski definition) is 1. The lowest BCUT2D eigenvalue weighted by Crippen LogP contribution is -2.02. The van der Waals surface area contributed by atoms with E-state index in [4.69, 9.17) is 5.73 Å². The minimum Gasteiger partial charge on any atom is -0.351 e. The predicted molar refractivity (Wildman–Crippen MR) is 43.2 cm³/mol. The number of rotatable bonds is 4. The summed E-state index contributed by atoms with van der Waals surface area (Å²) in [6.45, 7) is 0.793. The molecular formula is C8H13FN2. The van der Waals surface area contributed by atoms with Gasteiger partial charge in [0.2, 0.25) is 0 Å². The largest absolute Gasteiger partial charge is 0.351 e. The summed E-state index contributed by atoms with van der Waals surface area (Å²) in [5, 5.41) is 0. The van der Waals surface area contributed by atoms with Gasteiger partial charge < -0.3 is 10.3 Å². The van der Waals surface area contributed by atoms with E-state index in [-0.39, 0.29) is 6.67 Å². The summed E-state index contributed by atoms with van der Waals surface area (Å²) < 4.78 is 13.7. The van der Waals surface area contributed by atoms with E-state index in [1.165, 1.54) is 5.56 Å². The standard InChI is InChI=1S/C8H13FN2/c9-3-6-11-5-2-8(7-11)1-4-10/h2,5,7H,1,3-4,6,10H2. The number of nitrogens with two attached hydrogens (primary N) is 1. The Morgan fingerprint density at radius 1 is 1.55 bits per heavy atom. The third-order valence-electron chi connectivity index (χ3n) is 1.59. The number of halogens is 1. The third-order valence-corrected chi connectivity index (χ3v) is 1.59. The monoisotopic (exact) mass is 156 g/mol. The third kappa shape index (κ3) is 2.35. The van der Waals surface area contributed by atoms with Crippen LogP contribution in [0.3, 0.4) is 0 Å². The topological polar surface area (TPSA) is 30.9 Å². The van der Waals surface area contributed by atoms with Crippen LogP contribution in [0.1, 0.15) is 5.56 Å². The summed E-state index contributed by atoms with van der Waals surface area (Å²) in [4.78, 5) is 0. The molecule has 0 atom stereocenters. The number of aromatic nitrogens is 1. The lowest BCUT2D eigenvalue weighted by molar-refractivity contribution is 0.446. The molecule has 62 valence electrons. The molecule has 1 rings (SSSR count). The van der Waals surface area contributed by atoms with Gasteiger partial charge in [-0.3, -0.25) is 0 Å². The van der Waals surface area contributed by atoms with E-state index >= 15 is 0 Å². The van der Waals surface area contributed by atoms with Crippen molar-refractivity contribution in [1.29, 1.82) is 0 Å². The molecule has 0 aliphatic rings. The van der Waals surface area contributed by atoms with Crippen LogP contribution in [-0.2, 0) is 13.0 Å². The van der Waals surface area contributed by atoms with Crippen LogP contribution in [0.4, 0.5) is 4.39 Å². The Morgan fingerprint density at radius 3 is 3.00 bits per heavy atom.